The van der Waals surface area contributed by atoms with E-state index in [0.717, 1.165) is 25.7 Å². The molecule has 0 N–H and O–H groups in total. The van der Waals surface area contributed by atoms with Gasteiger partial charge in [0.15, 0.2) is 0 Å². The van der Waals surface area contributed by atoms with Crippen LogP contribution in [0.3, 0.4) is 0 Å². The Balaban J connectivity index is 3.69. The summed E-state index contributed by atoms with van der Waals surface area (Å²) < 4.78 is 5.19. The number of ether oxygens (including phenoxy) is 1. The molecule has 0 unspecified atom stereocenters. The third kappa shape index (κ3) is 13.2. The van der Waals surface area contributed by atoms with Crippen LogP contribution in [0.15, 0.2) is 23.3 Å². The van der Waals surface area contributed by atoms with E-state index in [1.54, 1.807) is 0 Å². The summed E-state index contributed by atoms with van der Waals surface area (Å²) in [7, 11) is 0. The van der Waals surface area contributed by atoms with Gasteiger partial charge in [0.1, 0.15) is 6.61 Å². The molecule has 0 aromatic heterocycles. The summed E-state index contributed by atoms with van der Waals surface area (Å²) in [6, 6.07) is 0. The van der Waals surface area contributed by atoms with Crippen molar-refractivity contribution in [3.8, 4) is 0 Å². The molecule has 19 heavy (non-hydrogen) atoms. The van der Waals surface area contributed by atoms with Crippen molar-refractivity contribution in [3.63, 3.8) is 0 Å². The fourth-order valence-corrected chi connectivity index (χ4v) is 1.69. The van der Waals surface area contributed by atoms with Crippen molar-refractivity contribution < 1.29 is 9.53 Å². The standard InChI is InChI=1S/C17H30O2/c1-14(2)8-6-10-16(5)12-13-19-17(18)11-7-9-15(3)4/h8,12,15H,6-7,9-11,13H2,1-5H3/b16-12-. The van der Waals surface area contributed by atoms with Crippen molar-refractivity contribution in [1.82, 2.24) is 0 Å². The van der Waals surface area contributed by atoms with E-state index in [1.165, 1.54) is 11.1 Å². The van der Waals surface area contributed by atoms with Crippen molar-refractivity contribution in [2.75, 3.05) is 6.61 Å². The Labute approximate surface area is 118 Å². The minimum Gasteiger partial charge on any atom is -0.461 e. The Hall–Kier alpha value is -1.05. The van der Waals surface area contributed by atoms with Crippen LogP contribution in [-0.2, 0) is 9.53 Å². The van der Waals surface area contributed by atoms with Crippen molar-refractivity contribution in [2.24, 2.45) is 5.92 Å². The third-order valence-electron chi connectivity index (χ3n) is 2.93. The largest absolute Gasteiger partial charge is 0.461 e. The Bertz CT molecular complexity index is 307. The molecule has 0 aromatic carbocycles. The predicted molar refractivity (Wildman–Crippen MR) is 82.1 cm³/mol. The summed E-state index contributed by atoms with van der Waals surface area (Å²) >= 11 is 0. The van der Waals surface area contributed by atoms with Gasteiger partial charge < -0.3 is 4.74 Å². The first-order valence-electron chi connectivity index (χ1n) is 7.36. The second-order valence-corrected chi connectivity index (χ2v) is 5.84. The van der Waals surface area contributed by atoms with Gasteiger partial charge in [0.25, 0.3) is 0 Å². The van der Waals surface area contributed by atoms with E-state index in [1.807, 2.05) is 6.08 Å². The Morgan fingerprint density at radius 3 is 2.37 bits per heavy atom. The summed E-state index contributed by atoms with van der Waals surface area (Å²) in [5.41, 5.74) is 2.64. The first kappa shape index (κ1) is 17.9. The van der Waals surface area contributed by atoms with Crippen LogP contribution in [0.1, 0.15) is 66.7 Å². The molecule has 0 radical (unpaired) electrons. The van der Waals surface area contributed by atoms with Crippen LogP contribution in [0, 0.1) is 5.92 Å². The van der Waals surface area contributed by atoms with E-state index in [9.17, 15) is 4.79 Å². The topological polar surface area (TPSA) is 26.3 Å². The van der Waals surface area contributed by atoms with E-state index >= 15 is 0 Å². The molecule has 2 nitrogen and oxygen atoms in total. The van der Waals surface area contributed by atoms with Gasteiger partial charge in [-0.2, -0.15) is 0 Å². The maximum atomic E-state index is 11.4. The van der Waals surface area contributed by atoms with Gasteiger partial charge in [0, 0.05) is 6.42 Å². The number of hydrogen-bond donors (Lipinski definition) is 0. The van der Waals surface area contributed by atoms with Gasteiger partial charge in [-0.1, -0.05) is 37.5 Å². The Morgan fingerprint density at radius 1 is 1.11 bits per heavy atom. The van der Waals surface area contributed by atoms with Gasteiger partial charge in [0.2, 0.25) is 0 Å². The van der Waals surface area contributed by atoms with Crippen LogP contribution in [-0.4, -0.2) is 12.6 Å². The molecule has 0 aromatic rings. The lowest BCUT2D eigenvalue weighted by Crippen LogP contribution is -2.05. The molecule has 110 valence electrons. The minimum atomic E-state index is -0.0750. The molecule has 0 rings (SSSR count). The van der Waals surface area contributed by atoms with Crippen LogP contribution in [0.5, 0.6) is 0 Å². The highest BCUT2D eigenvalue weighted by Gasteiger charge is 2.02. The first-order chi connectivity index (χ1) is 8.91. The van der Waals surface area contributed by atoms with Gasteiger partial charge in [-0.25, -0.2) is 0 Å². The van der Waals surface area contributed by atoms with Crippen molar-refractivity contribution in [1.29, 1.82) is 0 Å². The molecule has 0 bridgehead atoms. The molecule has 0 aliphatic heterocycles. The molecule has 0 saturated carbocycles. The molecular formula is C17H30O2. The molecular weight excluding hydrogens is 236 g/mol. The summed E-state index contributed by atoms with van der Waals surface area (Å²) in [6.07, 6.45) is 8.91. The van der Waals surface area contributed by atoms with Gasteiger partial charge in [0.05, 0.1) is 0 Å². The van der Waals surface area contributed by atoms with Gasteiger partial charge in [-0.15, -0.1) is 0 Å². The van der Waals surface area contributed by atoms with E-state index in [0.29, 0.717) is 18.9 Å². The van der Waals surface area contributed by atoms with E-state index in [2.05, 4.69) is 40.7 Å². The smallest absolute Gasteiger partial charge is 0.306 e. The van der Waals surface area contributed by atoms with Gasteiger partial charge >= 0.3 is 5.97 Å². The Kier molecular flexibility index (Phi) is 10.2. The predicted octanol–water partition coefficient (Wildman–Crippen LogP) is 5.05. The zero-order chi connectivity index (χ0) is 14.7. The van der Waals surface area contributed by atoms with Gasteiger partial charge in [-0.05, 0) is 52.0 Å². The monoisotopic (exact) mass is 266 g/mol. The SMILES string of the molecule is CC(C)=CCC/C(C)=C\COC(=O)CCCC(C)C. The third-order valence-corrected chi connectivity index (χ3v) is 2.93. The molecule has 0 atom stereocenters. The van der Waals surface area contributed by atoms with Crippen molar-refractivity contribution in [2.45, 2.75) is 66.7 Å². The van der Waals surface area contributed by atoms with Crippen LogP contribution < -0.4 is 0 Å². The van der Waals surface area contributed by atoms with Crippen molar-refractivity contribution in [3.05, 3.63) is 23.3 Å². The average molecular weight is 266 g/mol. The van der Waals surface area contributed by atoms with Crippen LogP contribution in [0.4, 0.5) is 0 Å². The number of allylic oxidation sites excluding steroid dienone is 3. The fourth-order valence-electron chi connectivity index (χ4n) is 1.69. The highest BCUT2D eigenvalue weighted by atomic mass is 16.5. The van der Waals surface area contributed by atoms with Crippen LogP contribution in [0.25, 0.3) is 0 Å². The molecule has 0 spiro atoms. The Morgan fingerprint density at radius 2 is 1.79 bits per heavy atom. The maximum absolute atomic E-state index is 11.4. The highest BCUT2D eigenvalue weighted by Crippen LogP contribution is 2.08. The number of carbonyl (C=O) groups is 1. The quantitative estimate of drug-likeness (QED) is 0.431. The van der Waals surface area contributed by atoms with E-state index in [-0.39, 0.29) is 5.97 Å². The summed E-state index contributed by atoms with van der Waals surface area (Å²) in [6.45, 7) is 11.1. The van der Waals surface area contributed by atoms with Crippen LogP contribution in [0.2, 0.25) is 0 Å². The summed E-state index contributed by atoms with van der Waals surface area (Å²) in [5.74, 6) is 0.582. The lowest BCUT2D eigenvalue weighted by molar-refractivity contribution is -0.142. The molecule has 0 aliphatic carbocycles. The van der Waals surface area contributed by atoms with Crippen LogP contribution >= 0.6 is 0 Å². The van der Waals surface area contributed by atoms with E-state index in [4.69, 9.17) is 4.74 Å². The highest BCUT2D eigenvalue weighted by molar-refractivity contribution is 5.69. The molecule has 0 amide bonds. The molecule has 0 heterocycles. The molecule has 0 fully saturated rings. The molecule has 0 aliphatic rings. The minimum absolute atomic E-state index is 0.0750. The zero-order valence-corrected chi connectivity index (χ0v) is 13.3. The van der Waals surface area contributed by atoms with Gasteiger partial charge in [-0.3, -0.25) is 4.79 Å². The molecule has 0 saturated heterocycles. The number of carbonyl (C=O) groups excluding carboxylic acids is 1. The second-order valence-electron chi connectivity index (χ2n) is 5.84. The maximum Gasteiger partial charge on any atom is 0.306 e. The summed E-state index contributed by atoms with van der Waals surface area (Å²) in [5, 5.41) is 0. The number of rotatable bonds is 9. The number of hydrogen-bond acceptors (Lipinski definition) is 2. The lowest BCUT2D eigenvalue weighted by atomic mass is 10.1. The fraction of sp³-hybridized carbons (Fsp3) is 0.706. The zero-order valence-electron chi connectivity index (χ0n) is 13.3. The second kappa shape index (κ2) is 10.8. The first-order valence-corrected chi connectivity index (χ1v) is 7.36. The number of esters is 1. The average Bonchev–Trinajstić information content (AvgIpc) is 2.27. The molecule has 2 heteroatoms. The van der Waals surface area contributed by atoms with Crippen molar-refractivity contribution >= 4 is 5.97 Å². The normalized spacial score (nSPS) is 11.6. The van der Waals surface area contributed by atoms with E-state index < -0.39 is 0 Å². The lowest BCUT2D eigenvalue weighted by Gasteiger charge is -2.05. The summed E-state index contributed by atoms with van der Waals surface area (Å²) in [4.78, 5) is 11.4.